The summed E-state index contributed by atoms with van der Waals surface area (Å²) in [6.07, 6.45) is 6.14. The van der Waals surface area contributed by atoms with E-state index >= 15 is 0 Å². The van der Waals surface area contributed by atoms with Crippen molar-refractivity contribution in [2.75, 3.05) is 13.2 Å². The van der Waals surface area contributed by atoms with Crippen LogP contribution in [0.5, 0.6) is 0 Å². The van der Waals surface area contributed by atoms with Crippen molar-refractivity contribution in [3.63, 3.8) is 0 Å². The molecule has 3 aliphatic rings. The van der Waals surface area contributed by atoms with Gasteiger partial charge in [-0.1, -0.05) is 12.8 Å². The number of carbonyl (C=O) groups is 1. The monoisotopic (exact) mass is 372 g/mol. The molecule has 0 radical (unpaired) electrons. The quantitative estimate of drug-likeness (QED) is 0.682. The maximum atomic E-state index is 12.9. The molecule has 0 aromatic heterocycles. The van der Waals surface area contributed by atoms with Crippen LogP contribution < -0.4 is 5.73 Å². The van der Waals surface area contributed by atoms with Gasteiger partial charge in [-0.15, -0.1) is 11.8 Å². The Morgan fingerprint density at radius 2 is 2.12 bits per heavy atom. The number of ether oxygens (including phenoxy) is 1. The van der Waals surface area contributed by atoms with E-state index in [1.807, 2.05) is 6.92 Å². The number of hydrogen-bond donors (Lipinski definition) is 2. The minimum Gasteiger partial charge on any atom is -0.762 e. The van der Waals surface area contributed by atoms with Gasteiger partial charge in [0.1, 0.15) is 11.3 Å². The van der Waals surface area contributed by atoms with Gasteiger partial charge in [0, 0.05) is 29.9 Å². The Bertz CT molecular complexity index is 467. The van der Waals surface area contributed by atoms with E-state index in [2.05, 4.69) is 4.90 Å². The summed E-state index contributed by atoms with van der Waals surface area (Å²) < 4.78 is 5.56. The molecule has 1 heterocycles. The summed E-state index contributed by atoms with van der Waals surface area (Å²) in [5.41, 5.74) is 6.16. The van der Waals surface area contributed by atoms with Gasteiger partial charge in [-0.05, 0) is 39.0 Å². The van der Waals surface area contributed by atoms with Gasteiger partial charge >= 0.3 is 0 Å². The number of Topliss-reactive ketones (excluding diaryl/α,β-unsaturated/α-hetero) is 1. The second-order valence-corrected chi connectivity index (χ2v) is 8.79. The minimum atomic E-state index is -0.660. The summed E-state index contributed by atoms with van der Waals surface area (Å²) in [6.45, 7) is 2.72. The highest BCUT2D eigenvalue weighted by Crippen LogP contribution is 2.41. The topological polar surface area (TPSA) is 102 Å². The number of hydroxylamine groups is 2. The van der Waals surface area contributed by atoms with Crippen molar-refractivity contribution in [3.05, 3.63) is 5.21 Å². The lowest BCUT2D eigenvalue weighted by Gasteiger charge is -2.42. The van der Waals surface area contributed by atoms with Crippen LogP contribution in [0.25, 0.3) is 0 Å². The van der Waals surface area contributed by atoms with Gasteiger partial charge < -0.3 is 20.9 Å². The van der Waals surface area contributed by atoms with Crippen LogP contribution in [0.15, 0.2) is 0 Å². The Kier molecular flexibility index (Phi) is 6.76. The third-order valence-corrected chi connectivity index (χ3v) is 7.40. The normalized spacial score (nSPS) is 39.6. The second kappa shape index (κ2) is 8.65. The molecule has 7 nitrogen and oxygen atoms in total. The fourth-order valence-corrected chi connectivity index (χ4v) is 6.15. The minimum absolute atomic E-state index is 0.0195. The maximum Gasteiger partial charge on any atom is 0.150 e. The predicted octanol–water partition coefficient (Wildman–Crippen LogP) is 1.92. The van der Waals surface area contributed by atoms with Crippen LogP contribution in [0.2, 0.25) is 0 Å². The van der Waals surface area contributed by atoms with Crippen LogP contribution in [0, 0.1) is 11.1 Å². The Balaban J connectivity index is 1.59. The van der Waals surface area contributed by atoms with Crippen LogP contribution in [-0.4, -0.2) is 63.2 Å². The molecule has 3 rings (SSSR count). The molecule has 3 N–H and O–H groups in total. The molecule has 3 fully saturated rings. The van der Waals surface area contributed by atoms with E-state index in [1.54, 1.807) is 11.8 Å². The van der Waals surface area contributed by atoms with E-state index in [9.17, 15) is 15.2 Å². The first-order valence-electron chi connectivity index (χ1n) is 9.47. The number of rotatable bonds is 6. The van der Waals surface area contributed by atoms with Gasteiger partial charge in [-0.25, -0.2) is 0 Å². The van der Waals surface area contributed by atoms with Gasteiger partial charge in [-0.3, -0.25) is 14.9 Å². The Morgan fingerprint density at radius 1 is 1.36 bits per heavy atom. The molecule has 6 unspecified atom stereocenters. The van der Waals surface area contributed by atoms with E-state index in [0.717, 1.165) is 6.42 Å². The zero-order chi connectivity index (χ0) is 18.0. The first-order chi connectivity index (χ1) is 12.0. The molecule has 1 saturated heterocycles. The number of carbonyl (C=O) groups excluding carboxylic acids is 1. The fraction of sp³-hybridized carbons (Fsp3) is 0.941. The van der Waals surface area contributed by atoms with Gasteiger partial charge in [0.2, 0.25) is 0 Å². The summed E-state index contributed by atoms with van der Waals surface area (Å²) in [4.78, 5) is 15.0. The van der Waals surface area contributed by atoms with E-state index in [1.165, 1.54) is 19.3 Å². The summed E-state index contributed by atoms with van der Waals surface area (Å²) in [5, 5.41) is 21.4. The largest absolute Gasteiger partial charge is 0.762 e. The van der Waals surface area contributed by atoms with Gasteiger partial charge in [-0.2, -0.15) is 0 Å². The standard InChI is InChI=1S/C17H30N3O4S/c1-2-24-15-8-7-11(9-13(15)20(22)23)14(21)10-19-12-5-3-4-6-16(12)25-17(19)18/h11-13,15-17,22H,2-10,18H2,1H3/q-1. The third-order valence-electron chi connectivity index (χ3n) is 5.95. The molecule has 0 bridgehead atoms. The molecule has 0 aromatic rings. The molecule has 2 aliphatic carbocycles. The lowest BCUT2D eigenvalue weighted by molar-refractivity contribution is -0.152. The highest BCUT2D eigenvalue weighted by Gasteiger charge is 2.43. The molecule has 144 valence electrons. The van der Waals surface area contributed by atoms with Crippen molar-refractivity contribution < 1.29 is 14.7 Å². The second-order valence-electron chi connectivity index (χ2n) is 7.43. The smallest absolute Gasteiger partial charge is 0.150 e. The molecule has 2 saturated carbocycles. The summed E-state index contributed by atoms with van der Waals surface area (Å²) >= 11 is 1.79. The van der Waals surface area contributed by atoms with E-state index < -0.39 is 6.04 Å². The van der Waals surface area contributed by atoms with Crippen molar-refractivity contribution in [2.24, 2.45) is 11.7 Å². The van der Waals surface area contributed by atoms with Gasteiger partial charge in [0.25, 0.3) is 0 Å². The SMILES string of the molecule is CCOC1CCC(C(=O)CN2C(N)SC3CCCCC32)CC1N([O-])O. The highest BCUT2D eigenvalue weighted by molar-refractivity contribution is 8.00. The number of fused-ring (bicyclic) bond motifs is 1. The molecule has 25 heavy (non-hydrogen) atoms. The fourth-order valence-electron chi connectivity index (χ4n) is 4.63. The predicted molar refractivity (Wildman–Crippen MR) is 96.9 cm³/mol. The number of thioether (sulfide) groups is 1. The van der Waals surface area contributed by atoms with E-state index in [0.29, 0.717) is 43.7 Å². The van der Waals surface area contributed by atoms with Crippen molar-refractivity contribution in [1.82, 2.24) is 10.1 Å². The van der Waals surface area contributed by atoms with Crippen LogP contribution in [0.1, 0.15) is 51.9 Å². The number of ketones is 1. The first kappa shape index (κ1) is 19.5. The van der Waals surface area contributed by atoms with Gasteiger partial charge in [0.15, 0.2) is 0 Å². The average Bonchev–Trinajstić information content (AvgIpc) is 2.91. The molecule has 0 amide bonds. The molecule has 6 atom stereocenters. The van der Waals surface area contributed by atoms with Crippen molar-refractivity contribution in [2.45, 2.75) is 80.8 Å². The highest BCUT2D eigenvalue weighted by atomic mass is 32.2. The molecule has 1 aliphatic heterocycles. The Hall–Kier alpha value is -0.220. The molecule has 0 aromatic carbocycles. The van der Waals surface area contributed by atoms with E-state index in [4.69, 9.17) is 10.5 Å². The summed E-state index contributed by atoms with van der Waals surface area (Å²) in [5.74, 6) is -0.0609. The van der Waals surface area contributed by atoms with Crippen molar-refractivity contribution >= 4 is 17.5 Å². The first-order valence-corrected chi connectivity index (χ1v) is 10.4. The van der Waals surface area contributed by atoms with Crippen LogP contribution in [-0.2, 0) is 9.53 Å². The third kappa shape index (κ3) is 4.37. The maximum absolute atomic E-state index is 12.9. The molecular weight excluding hydrogens is 342 g/mol. The Labute approximate surface area is 153 Å². The van der Waals surface area contributed by atoms with E-state index in [-0.39, 0.29) is 28.5 Å². The number of hydrogen-bond acceptors (Lipinski definition) is 8. The average molecular weight is 373 g/mol. The molecule has 8 heteroatoms. The zero-order valence-corrected chi connectivity index (χ0v) is 15.7. The molecule has 0 spiro atoms. The molecular formula is C17H30N3O4S-. The zero-order valence-electron chi connectivity index (χ0n) is 14.9. The number of nitrogens with two attached hydrogens (primary N) is 1. The van der Waals surface area contributed by atoms with Gasteiger partial charge in [0.05, 0.1) is 12.6 Å². The lowest BCUT2D eigenvalue weighted by Crippen LogP contribution is -2.50. The lowest BCUT2D eigenvalue weighted by atomic mass is 9.81. The van der Waals surface area contributed by atoms with Crippen molar-refractivity contribution in [3.8, 4) is 0 Å². The number of nitrogens with zero attached hydrogens (tertiary/aromatic N) is 2. The van der Waals surface area contributed by atoms with Crippen LogP contribution in [0.3, 0.4) is 0 Å². The summed E-state index contributed by atoms with van der Waals surface area (Å²) in [7, 11) is 0. The Morgan fingerprint density at radius 3 is 2.84 bits per heavy atom. The summed E-state index contributed by atoms with van der Waals surface area (Å²) in [6, 6.07) is -0.256. The van der Waals surface area contributed by atoms with Crippen LogP contribution >= 0.6 is 11.8 Å². The van der Waals surface area contributed by atoms with Crippen LogP contribution in [0.4, 0.5) is 0 Å². The van der Waals surface area contributed by atoms with Crippen molar-refractivity contribution in [1.29, 1.82) is 0 Å².